The predicted molar refractivity (Wildman–Crippen MR) is 101 cm³/mol. The second-order valence-corrected chi connectivity index (χ2v) is 8.19. The summed E-state index contributed by atoms with van der Waals surface area (Å²) in [6.07, 6.45) is 3.57. The van der Waals surface area contributed by atoms with Crippen LogP contribution in [0.3, 0.4) is 0 Å². The Bertz CT molecular complexity index is 662. The number of aliphatic imine (C=N–C) groups is 1. The lowest BCUT2D eigenvalue weighted by atomic mass is 9.96. The molecular weight excluding hydrogens is 391 g/mol. The van der Waals surface area contributed by atoms with Gasteiger partial charge in [0.2, 0.25) is 0 Å². The molecule has 2 nitrogen and oxygen atoms in total. The van der Waals surface area contributed by atoms with Crippen LogP contribution >= 0.6 is 33.9 Å². The van der Waals surface area contributed by atoms with Gasteiger partial charge in [-0.2, -0.15) is 0 Å². The van der Waals surface area contributed by atoms with Crippen molar-refractivity contribution in [1.82, 2.24) is 4.98 Å². The molecule has 0 spiro atoms. The number of rotatable bonds is 4. The third-order valence-corrected chi connectivity index (χ3v) is 6.06. The van der Waals surface area contributed by atoms with E-state index in [-0.39, 0.29) is 0 Å². The molecule has 0 aliphatic carbocycles. The highest BCUT2D eigenvalue weighted by atomic mass is 127. The van der Waals surface area contributed by atoms with Gasteiger partial charge in [-0.05, 0) is 42.9 Å². The molecule has 3 rings (SSSR count). The lowest BCUT2D eigenvalue weighted by Gasteiger charge is -2.17. The number of thiazole rings is 1. The van der Waals surface area contributed by atoms with Crippen molar-refractivity contribution in [3.8, 4) is 0 Å². The zero-order valence-electron chi connectivity index (χ0n) is 12.6. The first-order valence-corrected chi connectivity index (χ1v) is 10.0. The van der Waals surface area contributed by atoms with Crippen LogP contribution < -0.4 is 0 Å². The number of nitrogens with zero attached hydrogens (tertiary/aromatic N) is 2. The lowest BCUT2D eigenvalue weighted by Crippen LogP contribution is -2.14. The Hall–Kier alpha value is -0.490. The summed E-state index contributed by atoms with van der Waals surface area (Å²) in [5.41, 5.74) is 3.69. The molecule has 1 aromatic carbocycles. The summed E-state index contributed by atoms with van der Waals surface area (Å²) in [6.45, 7) is 5.54. The standard InChI is InChI=1S/C17H21IN2S/c1-11-3-5-14(19-10-11)13-4-6-16-15(9-13)20-17(21-16)12(2)7-8-18/h4,6,9,11-12H,3,5,7-8,10H2,1-2H3/t11-,12?/m0/s1. The summed E-state index contributed by atoms with van der Waals surface area (Å²) in [7, 11) is 0. The number of hydrogen-bond donors (Lipinski definition) is 0. The second kappa shape index (κ2) is 6.73. The Kier molecular flexibility index (Phi) is 4.94. The topological polar surface area (TPSA) is 25.2 Å². The molecule has 0 amide bonds. The van der Waals surface area contributed by atoms with E-state index in [1.807, 2.05) is 11.3 Å². The van der Waals surface area contributed by atoms with Crippen molar-refractivity contribution < 1.29 is 0 Å². The zero-order chi connectivity index (χ0) is 14.8. The predicted octanol–water partition coefficient (Wildman–Crippen LogP) is 5.44. The molecule has 4 heteroatoms. The molecule has 0 saturated carbocycles. The molecule has 2 atom stereocenters. The minimum Gasteiger partial charge on any atom is -0.289 e. The van der Waals surface area contributed by atoms with Crippen LogP contribution in [0.5, 0.6) is 0 Å². The van der Waals surface area contributed by atoms with Gasteiger partial charge in [-0.15, -0.1) is 11.3 Å². The van der Waals surface area contributed by atoms with Crippen LogP contribution in [0.2, 0.25) is 0 Å². The smallest absolute Gasteiger partial charge is 0.0967 e. The first kappa shape index (κ1) is 15.4. The van der Waals surface area contributed by atoms with E-state index in [4.69, 9.17) is 9.98 Å². The molecular formula is C17H21IN2S. The highest BCUT2D eigenvalue weighted by molar-refractivity contribution is 14.1. The Morgan fingerprint density at radius 1 is 1.43 bits per heavy atom. The van der Waals surface area contributed by atoms with Gasteiger partial charge >= 0.3 is 0 Å². The molecule has 21 heavy (non-hydrogen) atoms. The van der Waals surface area contributed by atoms with Crippen molar-refractivity contribution in [1.29, 1.82) is 0 Å². The van der Waals surface area contributed by atoms with Gasteiger partial charge in [-0.1, -0.05) is 42.5 Å². The zero-order valence-corrected chi connectivity index (χ0v) is 15.6. The van der Waals surface area contributed by atoms with E-state index >= 15 is 0 Å². The molecule has 0 saturated heterocycles. The molecule has 1 aliphatic rings. The normalized spacial score (nSPS) is 20.5. The second-order valence-electron chi connectivity index (χ2n) is 6.04. The van der Waals surface area contributed by atoms with Gasteiger partial charge < -0.3 is 0 Å². The average molecular weight is 412 g/mol. The number of aromatic nitrogens is 1. The molecule has 0 fully saturated rings. The van der Waals surface area contributed by atoms with Crippen LogP contribution in [0.15, 0.2) is 23.2 Å². The summed E-state index contributed by atoms with van der Waals surface area (Å²) >= 11 is 4.29. The van der Waals surface area contributed by atoms with Crippen molar-refractivity contribution in [3.63, 3.8) is 0 Å². The number of fused-ring (bicyclic) bond motifs is 1. The summed E-state index contributed by atoms with van der Waals surface area (Å²) in [4.78, 5) is 9.61. The quantitative estimate of drug-likeness (QED) is 0.485. The van der Waals surface area contributed by atoms with E-state index in [0.29, 0.717) is 5.92 Å². The lowest BCUT2D eigenvalue weighted by molar-refractivity contribution is 0.538. The van der Waals surface area contributed by atoms with E-state index in [1.54, 1.807) is 0 Å². The van der Waals surface area contributed by atoms with Gasteiger partial charge in [0.05, 0.1) is 15.2 Å². The minimum atomic E-state index is 0.565. The van der Waals surface area contributed by atoms with Crippen molar-refractivity contribution in [3.05, 3.63) is 28.8 Å². The maximum Gasteiger partial charge on any atom is 0.0967 e. The van der Waals surface area contributed by atoms with Gasteiger partial charge in [0.1, 0.15) is 0 Å². The first-order chi connectivity index (χ1) is 10.2. The van der Waals surface area contributed by atoms with Gasteiger partial charge in [-0.3, -0.25) is 4.99 Å². The highest BCUT2D eigenvalue weighted by Gasteiger charge is 2.15. The van der Waals surface area contributed by atoms with Gasteiger partial charge in [-0.25, -0.2) is 4.98 Å². The Labute approximate surface area is 144 Å². The number of halogens is 1. The van der Waals surface area contributed by atoms with E-state index in [0.717, 1.165) is 24.4 Å². The molecule has 0 N–H and O–H groups in total. The molecule has 112 valence electrons. The molecule has 0 radical (unpaired) electrons. The highest BCUT2D eigenvalue weighted by Crippen LogP contribution is 2.30. The molecule has 0 bridgehead atoms. The van der Waals surface area contributed by atoms with Gasteiger partial charge in [0.25, 0.3) is 0 Å². The SMILES string of the molecule is CC(CCI)c1nc2cc(C3=NC[C@@H](C)CC3)ccc2s1. The first-order valence-electron chi connectivity index (χ1n) is 7.67. The minimum absolute atomic E-state index is 0.565. The summed E-state index contributed by atoms with van der Waals surface area (Å²) < 4.78 is 2.49. The van der Waals surface area contributed by atoms with E-state index < -0.39 is 0 Å². The van der Waals surface area contributed by atoms with Gasteiger partial charge in [0, 0.05) is 22.6 Å². The molecule has 2 heterocycles. The van der Waals surface area contributed by atoms with Crippen LogP contribution in [0.25, 0.3) is 10.2 Å². The number of benzene rings is 1. The fourth-order valence-electron chi connectivity index (χ4n) is 2.68. The Balaban J connectivity index is 1.89. The van der Waals surface area contributed by atoms with E-state index in [1.165, 1.54) is 38.3 Å². The third kappa shape index (κ3) is 3.47. The average Bonchev–Trinajstić information content (AvgIpc) is 2.91. The summed E-state index contributed by atoms with van der Waals surface area (Å²) in [5.74, 6) is 1.30. The Morgan fingerprint density at radius 2 is 2.29 bits per heavy atom. The Morgan fingerprint density at radius 3 is 3.00 bits per heavy atom. The van der Waals surface area contributed by atoms with Crippen molar-refractivity contribution in [2.45, 2.75) is 39.0 Å². The molecule has 1 aliphatic heterocycles. The largest absolute Gasteiger partial charge is 0.289 e. The van der Waals surface area contributed by atoms with Crippen LogP contribution in [-0.4, -0.2) is 21.7 Å². The molecule has 1 unspecified atom stereocenters. The summed E-state index contributed by atoms with van der Waals surface area (Å²) in [5, 5.41) is 1.28. The third-order valence-electron chi connectivity index (χ3n) is 4.17. The van der Waals surface area contributed by atoms with Gasteiger partial charge in [0.15, 0.2) is 0 Å². The van der Waals surface area contributed by atoms with Crippen LogP contribution in [0, 0.1) is 5.92 Å². The maximum absolute atomic E-state index is 4.86. The fraction of sp³-hybridized carbons (Fsp3) is 0.529. The van der Waals surface area contributed by atoms with Crippen molar-refractivity contribution in [2.75, 3.05) is 11.0 Å². The van der Waals surface area contributed by atoms with Crippen molar-refractivity contribution in [2.24, 2.45) is 10.9 Å². The summed E-state index contributed by atoms with van der Waals surface area (Å²) in [6, 6.07) is 6.69. The number of alkyl halides is 1. The maximum atomic E-state index is 4.86. The molecule has 1 aromatic heterocycles. The van der Waals surface area contributed by atoms with Crippen LogP contribution in [0.1, 0.15) is 49.6 Å². The fourth-order valence-corrected chi connectivity index (χ4v) is 4.65. The van der Waals surface area contributed by atoms with E-state index in [9.17, 15) is 0 Å². The van der Waals surface area contributed by atoms with Crippen molar-refractivity contribution >= 4 is 49.9 Å². The number of hydrogen-bond acceptors (Lipinski definition) is 3. The molecule has 2 aromatic rings. The van der Waals surface area contributed by atoms with E-state index in [2.05, 4.69) is 54.6 Å². The monoisotopic (exact) mass is 412 g/mol. The van der Waals surface area contributed by atoms with Crippen LogP contribution in [0.4, 0.5) is 0 Å². The van der Waals surface area contributed by atoms with Crippen LogP contribution in [-0.2, 0) is 0 Å².